The normalized spacial score (nSPS) is 15.0. The van der Waals surface area contributed by atoms with E-state index < -0.39 is 21.8 Å². The number of ether oxygens (including phenoxy) is 1. The Kier molecular flexibility index (Phi) is 7.53. The summed E-state index contributed by atoms with van der Waals surface area (Å²) in [6.45, 7) is 1.01. The van der Waals surface area contributed by atoms with Gasteiger partial charge in [-0.1, -0.05) is 24.4 Å². The summed E-state index contributed by atoms with van der Waals surface area (Å²) in [7, 11) is -2.18. The maximum Gasteiger partial charge on any atom is 0.273 e. The largest absolute Gasteiger partial charge is 0.496 e. The SMILES string of the molecule is COc1ccc(Cl)cc1C(=O)NNC(=O)c1ccc(S(=O)(=O)N2CCCCCC2)cc1. The summed E-state index contributed by atoms with van der Waals surface area (Å²) < 4.78 is 32.3. The molecule has 1 aliphatic heterocycles. The standard InChI is InChI=1S/C21H24ClN3O5S/c1-30-19-11-8-16(22)14-18(19)21(27)24-23-20(26)15-6-9-17(10-7-15)31(28,29)25-12-4-2-3-5-13-25/h6-11,14H,2-5,12-13H2,1H3,(H,23,26)(H,24,27). The number of methoxy groups -OCH3 is 1. The molecule has 2 amide bonds. The first-order valence-electron chi connectivity index (χ1n) is 9.87. The summed E-state index contributed by atoms with van der Waals surface area (Å²) in [5, 5.41) is 0.346. The lowest BCUT2D eigenvalue weighted by atomic mass is 10.2. The van der Waals surface area contributed by atoms with Gasteiger partial charge in [0.05, 0.1) is 17.6 Å². The number of nitrogens with zero attached hydrogens (tertiary/aromatic N) is 1. The Balaban J connectivity index is 1.65. The van der Waals surface area contributed by atoms with Crippen molar-refractivity contribution in [3.05, 3.63) is 58.6 Å². The van der Waals surface area contributed by atoms with Crippen LogP contribution in [0.25, 0.3) is 0 Å². The van der Waals surface area contributed by atoms with Crippen LogP contribution in [0, 0.1) is 0 Å². The number of carbonyl (C=O) groups excluding carboxylic acids is 2. The highest BCUT2D eigenvalue weighted by Gasteiger charge is 2.25. The van der Waals surface area contributed by atoms with Gasteiger partial charge in [-0.25, -0.2) is 8.42 Å². The average Bonchev–Trinajstić information content (AvgIpc) is 3.07. The number of nitrogens with one attached hydrogen (secondary N) is 2. The van der Waals surface area contributed by atoms with Crippen LogP contribution in [-0.2, 0) is 10.0 Å². The minimum absolute atomic E-state index is 0.138. The molecule has 166 valence electrons. The van der Waals surface area contributed by atoms with E-state index in [1.54, 1.807) is 12.1 Å². The van der Waals surface area contributed by atoms with Crippen molar-refractivity contribution < 1.29 is 22.7 Å². The third-order valence-corrected chi connectivity index (χ3v) is 7.16. The van der Waals surface area contributed by atoms with E-state index in [-0.39, 0.29) is 16.0 Å². The van der Waals surface area contributed by atoms with Crippen LogP contribution in [0.2, 0.25) is 5.02 Å². The van der Waals surface area contributed by atoms with Crippen molar-refractivity contribution in [2.45, 2.75) is 30.6 Å². The molecule has 0 spiro atoms. The highest BCUT2D eigenvalue weighted by Crippen LogP contribution is 2.23. The molecule has 10 heteroatoms. The van der Waals surface area contributed by atoms with Crippen molar-refractivity contribution in [1.82, 2.24) is 15.2 Å². The summed E-state index contributed by atoms with van der Waals surface area (Å²) in [5.41, 5.74) is 4.96. The zero-order valence-corrected chi connectivity index (χ0v) is 18.6. The smallest absolute Gasteiger partial charge is 0.273 e. The molecule has 1 saturated heterocycles. The van der Waals surface area contributed by atoms with Gasteiger partial charge in [-0.15, -0.1) is 0 Å². The highest BCUT2D eigenvalue weighted by molar-refractivity contribution is 7.89. The van der Waals surface area contributed by atoms with Gasteiger partial charge in [0.25, 0.3) is 11.8 Å². The molecule has 0 radical (unpaired) electrons. The van der Waals surface area contributed by atoms with Crippen LogP contribution >= 0.6 is 11.6 Å². The summed E-state index contributed by atoms with van der Waals surface area (Å²) in [5.74, 6) is -0.889. The molecule has 8 nitrogen and oxygen atoms in total. The predicted molar refractivity (Wildman–Crippen MR) is 117 cm³/mol. The van der Waals surface area contributed by atoms with Crippen molar-refractivity contribution in [1.29, 1.82) is 0 Å². The van der Waals surface area contributed by atoms with Gasteiger partial charge in [0.2, 0.25) is 10.0 Å². The minimum atomic E-state index is -3.60. The average molecular weight is 466 g/mol. The number of hydrogen-bond acceptors (Lipinski definition) is 5. The molecule has 0 bridgehead atoms. The van der Waals surface area contributed by atoms with Crippen LogP contribution in [0.4, 0.5) is 0 Å². The third-order valence-electron chi connectivity index (χ3n) is 5.02. The molecule has 1 aliphatic rings. The fourth-order valence-electron chi connectivity index (χ4n) is 3.32. The molecular weight excluding hydrogens is 442 g/mol. The van der Waals surface area contributed by atoms with E-state index in [2.05, 4.69) is 10.9 Å². The van der Waals surface area contributed by atoms with E-state index in [9.17, 15) is 18.0 Å². The van der Waals surface area contributed by atoms with E-state index in [4.69, 9.17) is 16.3 Å². The molecular formula is C21H24ClN3O5S. The van der Waals surface area contributed by atoms with E-state index in [0.29, 0.717) is 23.9 Å². The second-order valence-electron chi connectivity index (χ2n) is 7.10. The molecule has 31 heavy (non-hydrogen) atoms. The highest BCUT2D eigenvalue weighted by atomic mass is 35.5. The van der Waals surface area contributed by atoms with Crippen LogP contribution in [0.1, 0.15) is 46.4 Å². The van der Waals surface area contributed by atoms with Crippen LogP contribution in [0.3, 0.4) is 0 Å². The van der Waals surface area contributed by atoms with Gasteiger partial charge in [-0.3, -0.25) is 20.4 Å². The Morgan fingerprint density at radius 3 is 2.16 bits per heavy atom. The van der Waals surface area contributed by atoms with Crippen molar-refractivity contribution in [2.24, 2.45) is 0 Å². The van der Waals surface area contributed by atoms with Crippen LogP contribution in [-0.4, -0.2) is 44.7 Å². The number of sulfonamides is 1. The zero-order chi connectivity index (χ0) is 22.4. The van der Waals surface area contributed by atoms with E-state index in [0.717, 1.165) is 25.7 Å². The molecule has 2 N–H and O–H groups in total. The predicted octanol–water partition coefficient (Wildman–Crippen LogP) is 2.99. The molecule has 0 unspecified atom stereocenters. The Labute approximate surface area is 186 Å². The quantitative estimate of drug-likeness (QED) is 0.660. The van der Waals surface area contributed by atoms with E-state index in [1.807, 2.05) is 0 Å². The van der Waals surface area contributed by atoms with Gasteiger partial charge in [0, 0.05) is 23.7 Å². The van der Waals surface area contributed by atoms with Gasteiger partial charge in [-0.05, 0) is 55.3 Å². The van der Waals surface area contributed by atoms with Gasteiger partial charge in [-0.2, -0.15) is 4.31 Å². The molecule has 1 fully saturated rings. The lowest BCUT2D eigenvalue weighted by Gasteiger charge is -2.20. The number of halogens is 1. The van der Waals surface area contributed by atoms with Crippen LogP contribution in [0.15, 0.2) is 47.4 Å². The fourth-order valence-corrected chi connectivity index (χ4v) is 5.01. The monoisotopic (exact) mass is 465 g/mol. The molecule has 3 rings (SSSR count). The first-order chi connectivity index (χ1) is 14.8. The summed E-state index contributed by atoms with van der Waals surface area (Å²) >= 11 is 5.92. The van der Waals surface area contributed by atoms with Gasteiger partial charge >= 0.3 is 0 Å². The Bertz CT molecular complexity index is 1050. The number of hydrogen-bond donors (Lipinski definition) is 2. The third kappa shape index (κ3) is 5.55. The number of rotatable bonds is 5. The Morgan fingerprint density at radius 2 is 1.55 bits per heavy atom. The van der Waals surface area contributed by atoms with E-state index >= 15 is 0 Å². The zero-order valence-electron chi connectivity index (χ0n) is 17.1. The van der Waals surface area contributed by atoms with Gasteiger partial charge in [0.15, 0.2) is 0 Å². The molecule has 0 aliphatic carbocycles. The summed E-state index contributed by atoms with van der Waals surface area (Å²) in [4.78, 5) is 24.9. The van der Waals surface area contributed by atoms with Crippen LogP contribution < -0.4 is 15.6 Å². The summed E-state index contributed by atoms with van der Waals surface area (Å²) in [6, 6.07) is 10.2. The maximum atomic E-state index is 12.8. The number of amides is 2. The minimum Gasteiger partial charge on any atom is -0.496 e. The molecule has 1 heterocycles. The Morgan fingerprint density at radius 1 is 0.935 bits per heavy atom. The molecule has 2 aromatic carbocycles. The second kappa shape index (κ2) is 10.1. The lowest BCUT2D eigenvalue weighted by Crippen LogP contribution is -2.41. The van der Waals surface area contributed by atoms with Gasteiger partial charge in [0.1, 0.15) is 5.75 Å². The number of benzene rings is 2. The van der Waals surface area contributed by atoms with Crippen LogP contribution in [0.5, 0.6) is 5.75 Å². The number of hydrazine groups is 1. The molecule has 0 atom stereocenters. The topological polar surface area (TPSA) is 105 Å². The number of carbonyl (C=O) groups is 2. The van der Waals surface area contributed by atoms with Crippen molar-refractivity contribution in [3.63, 3.8) is 0 Å². The molecule has 0 saturated carbocycles. The Hall–Kier alpha value is -2.62. The molecule has 0 aromatic heterocycles. The van der Waals surface area contributed by atoms with Crippen molar-refractivity contribution in [2.75, 3.05) is 20.2 Å². The maximum absolute atomic E-state index is 12.8. The second-order valence-corrected chi connectivity index (χ2v) is 9.47. The van der Waals surface area contributed by atoms with Gasteiger partial charge < -0.3 is 4.74 Å². The summed E-state index contributed by atoms with van der Waals surface area (Å²) in [6.07, 6.45) is 3.74. The first kappa shape index (κ1) is 23.1. The van der Waals surface area contributed by atoms with E-state index in [1.165, 1.54) is 41.7 Å². The van der Waals surface area contributed by atoms with Crippen molar-refractivity contribution in [3.8, 4) is 5.75 Å². The van der Waals surface area contributed by atoms with Crippen molar-refractivity contribution >= 4 is 33.4 Å². The first-order valence-corrected chi connectivity index (χ1v) is 11.7. The molecule has 2 aromatic rings. The fraction of sp³-hybridized carbons (Fsp3) is 0.333. The lowest BCUT2D eigenvalue weighted by molar-refractivity contribution is 0.0845.